The molecule has 0 bridgehead atoms. The molecule has 1 atom stereocenters. The predicted molar refractivity (Wildman–Crippen MR) is 128 cm³/mol. The van der Waals surface area contributed by atoms with Crippen LogP contribution in [0, 0.1) is 11.3 Å². The molecule has 4 aliphatic carbocycles. The Balaban J connectivity index is 1.42. The Labute approximate surface area is 181 Å². The number of allylic oxidation sites excluding steroid dienone is 15. The van der Waals surface area contributed by atoms with Crippen molar-refractivity contribution in [3.63, 3.8) is 0 Å². The fraction of sp³-hybridized carbons (Fsp3) is 0.414. The molecule has 5 rings (SSSR count). The highest BCUT2D eigenvalue weighted by Crippen LogP contribution is 2.45. The summed E-state index contributed by atoms with van der Waals surface area (Å²) in [6, 6.07) is 0. The average molecular weight is 396 g/mol. The van der Waals surface area contributed by atoms with Gasteiger partial charge in [0, 0.05) is 12.1 Å². The highest BCUT2D eigenvalue weighted by molar-refractivity contribution is 6.14. The molecule has 0 amide bonds. The van der Waals surface area contributed by atoms with Gasteiger partial charge in [-0.3, -0.25) is 4.99 Å². The monoisotopic (exact) mass is 395 g/mol. The van der Waals surface area contributed by atoms with E-state index in [0.717, 1.165) is 19.3 Å². The van der Waals surface area contributed by atoms with Gasteiger partial charge in [0.15, 0.2) is 0 Å². The minimum Gasteiger partial charge on any atom is -0.257 e. The topological polar surface area (TPSA) is 12.4 Å². The molecule has 154 valence electrons. The third kappa shape index (κ3) is 3.60. The first kappa shape index (κ1) is 19.5. The fourth-order valence-electron chi connectivity index (χ4n) is 5.41. The first-order valence-corrected chi connectivity index (χ1v) is 11.6. The Bertz CT molecular complexity index is 1030. The van der Waals surface area contributed by atoms with Crippen molar-refractivity contribution in [3.05, 3.63) is 93.8 Å². The lowest BCUT2D eigenvalue weighted by molar-refractivity contribution is 0.475. The van der Waals surface area contributed by atoms with E-state index in [1.807, 2.05) is 0 Å². The van der Waals surface area contributed by atoms with Crippen molar-refractivity contribution in [2.75, 3.05) is 0 Å². The second-order valence-corrected chi connectivity index (χ2v) is 10.2. The number of nitrogens with zero attached hydrogens (tertiary/aromatic N) is 1. The number of fused-ring (bicyclic) bond motifs is 2. The zero-order chi connectivity index (χ0) is 20.7. The van der Waals surface area contributed by atoms with Gasteiger partial charge in [-0.15, -0.1) is 0 Å². The van der Waals surface area contributed by atoms with Crippen LogP contribution in [0.2, 0.25) is 0 Å². The second-order valence-electron chi connectivity index (χ2n) is 10.2. The molecular formula is C29H33N. The van der Waals surface area contributed by atoms with Crippen LogP contribution in [-0.4, -0.2) is 5.71 Å². The van der Waals surface area contributed by atoms with Crippen molar-refractivity contribution in [3.8, 4) is 0 Å². The van der Waals surface area contributed by atoms with Gasteiger partial charge in [0.2, 0.25) is 0 Å². The molecule has 5 aliphatic rings. The normalized spacial score (nSPS) is 26.0. The van der Waals surface area contributed by atoms with Gasteiger partial charge in [-0.1, -0.05) is 80.5 Å². The molecule has 0 aromatic carbocycles. The van der Waals surface area contributed by atoms with Crippen molar-refractivity contribution in [2.24, 2.45) is 16.3 Å². The van der Waals surface area contributed by atoms with E-state index in [1.54, 1.807) is 16.7 Å². The van der Waals surface area contributed by atoms with Crippen LogP contribution in [0.5, 0.6) is 0 Å². The fourth-order valence-corrected chi connectivity index (χ4v) is 5.41. The maximum Gasteiger partial charge on any atom is 0.0699 e. The van der Waals surface area contributed by atoms with Gasteiger partial charge in [0.25, 0.3) is 0 Å². The predicted octanol–water partition coefficient (Wildman–Crippen LogP) is 7.89. The van der Waals surface area contributed by atoms with Crippen LogP contribution in [0.4, 0.5) is 0 Å². The Hall–Kier alpha value is -2.41. The quantitative estimate of drug-likeness (QED) is 0.451. The number of aliphatic imine (C=N–C) groups is 1. The van der Waals surface area contributed by atoms with Crippen molar-refractivity contribution in [2.45, 2.75) is 65.7 Å². The summed E-state index contributed by atoms with van der Waals surface area (Å²) in [6.45, 7) is 7.05. The molecule has 0 radical (unpaired) electrons. The molecular weight excluding hydrogens is 362 g/mol. The van der Waals surface area contributed by atoms with Crippen LogP contribution in [0.15, 0.2) is 98.8 Å². The zero-order valence-corrected chi connectivity index (χ0v) is 18.7. The third-order valence-corrected chi connectivity index (χ3v) is 7.27. The smallest absolute Gasteiger partial charge is 0.0699 e. The summed E-state index contributed by atoms with van der Waals surface area (Å²) in [4.78, 5) is 4.88. The first-order valence-electron chi connectivity index (χ1n) is 11.6. The van der Waals surface area contributed by atoms with Crippen molar-refractivity contribution >= 4 is 5.71 Å². The molecule has 0 saturated heterocycles. The SMILES string of the molecule is CC(C)(C)C1=CC2=C(CC=C3C(C4=CC=C(C5=CC=CCC5)CC4)=NC=CC32)CC1. The molecule has 0 saturated carbocycles. The summed E-state index contributed by atoms with van der Waals surface area (Å²) in [6.07, 6.45) is 28.9. The van der Waals surface area contributed by atoms with Crippen LogP contribution in [0.25, 0.3) is 0 Å². The molecule has 1 unspecified atom stereocenters. The van der Waals surface area contributed by atoms with E-state index in [4.69, 9.17) is 4.99 Å². The van der Waals surface area contributed by atoms with Crippen LogP contribution >= 0.6 is 0 Å². The van der Waals surface area contributed by atoms with Gasteiger partial charge in [0.05, 0.1) is 5.71 Å². The Morgan fingerprint density at radius 1 is 0.900 bits per heavy atom. The molecule has 0 spiro atoms. The van der Waals surface area contributed by atoms with E-state index in [0.29, 0.717) is 5.92 Å². The summed E-state index contributed by atoms with van der Waals surface area (Å²) in [5.41, 5.74) is 12.2. The molecule has 0 N–H and O–H groups in total. The Morgan fingerprint density at radius 3 is 2.43 bits per heavy atom. The van der Waals surface area contributed by atoms with Crippen molar-refractivity contribution < 1.29 is 0 Å². The minimum absolute atomic E-state index is 0.255. The first-order chi connectivity index (χ1) is 14.5. The highest BCUT2D eigenvalue weighted by atomic mass is 14.7. The lowest BCUT2D eigenvalue weighted by atomic mass is 9.70. The van der Waals surface area contributed by atoms with Gasteiger partial charge >= 0.3 is 0 Å². The number of rotatable bonds is 2. The van der Waals surface area contributed by atoms with Crippen molar-refractivity contribution in [1.82, 2.24) is 0 Å². The summed E-state index contributed by atoms with van der Waals surface area (Å²) in [5, 5.41) is 0. The Morgan fingerprint density at radius 2 is 1.70 bits per heavy atom. The lowest BCUT2D eigenvalue weighted by Gasteiger charge is -2.35. The van der Waals surface area contributed by atoms with Gasteiger partial charge in [-0.2, -0.15) is 0 Å². The zero-order valence-electron chi connectivity index (χ0n) is 18.7. The average Bonchev–Trinajstić information content (AvgIpc) is 2.78. The lowest BCUT2D eigenvalue weighted by Crippen LogP contribution is -2.24. The van der Waals surface area contributed by atoms with E-state index in [1.165, 1.54) is 53.7 Å². The van der Waals surface area contributed by atoms with Crippen LogP contribution in [-0.2, 0) is 0 Å². The number of hydrogen-bond donors (Lipinski definition) is 0. The van der Waals surface area contributed by atoms with Crippen LogP contribution in [0.1, 0.15) is 65.7 Å². The minimum atomic E-state index is 0.255. The Kier molecular flexibility index (Phi) is 5.01. The maximum absolute atomic E-state index is 4.88. The summed E-state index contributed by atoms with van der Waals surface area (Å²) < 4.78 is 0. The third-order valence-electron chi connectivity index (χ3n) is 7.27. The van der Waals surface area contributed by atoms with E-state index >= 15 is 0 Å². The van der Waals surface area contributed by atoms with E-state index in [9.17, 15) is 0 Å². The maximum atomic E-state index is 4.88. The van der Waals surface area contributed by atoms with Gasteiger partial charge in [-0.25, -0.2) is 0 Å². The van der Waals surface area contributed by atoms with Gasteiger partial charge in [-0.05, 0) is 78.2 Å². The van der Waals surface area contributed by atoms with E-state index in [2.05, 4.69) is 75.6 Å². The molecule has 1 nitrogen and oxygen atoms in total. The van der Waals surface area contributed by atoms with E-state index in [-0.39, 0.29) is 5.41 Å². The largest absolute Gasteiger partial charge is 0.257 e. The molecule has 1 aliphatic heterocycles. The summed E-state index contributed by atoms with van der Waals surface area (Å²) in [5.74, 6) is 0.386. The molecule has 0 aromatic heterocycles. The molecule has 1 heterocycles. The molecule has 0 aromatic rings. The van der Waals surface area contributed by atoms with Gasteiger partial charge in [0.1, 0.15) is 0 Å². The molecule has 1 heteroatoms. The summed E-state index contributed by atoms with van der Waals surface area (Å²) >= 11 is 0. The summed E-state index contributed by atoms with van der Waals surface area (Å²) in [7, 11) is 0. The number of hydrogen-bond acceptors (Lipinski definition) is 1. The van der Waals surface area contributed by atoms with Crippen LogP contribution < -0.4 is 0 Å². The molecule has 0 fully saturated rings. The second kappa shape index (κ2) is 7.69. The van der Waals surface area contributed by atoms with Gasteiger partial charge < -0.3 is 0 Å². The van der Waals surface area contributed by atoms with Crippen molar-refractivity contribution in [1.29, 1.82) is 0 Å². The van der Waals surface area contributed by atoms with E-state index < -0.39 is 0 Å². The standard InChI is InChI=1S/C29H33N/c1-29(2,3)24-15-13-22-14-16-26-25(27(22)19-24)17-18-30-28(26)23-11-9-21(10-12-23)20-7-5-4-6-8-20/h4-5,7,9,11,16-19,25H,6,8,10,12-15H2,1-3H3. The van der Waals surface area contributed by atoms with Crippen LogP contribution in [0.3, 0.4) is 0 Å². The highest BCUT2D eigenvalue weighted by Gasteiger charge is 2.32. The molecule has 30 heavy (non-hydrogen) atoms.